The number of carbonyl (C=O) groups excluding carboxylic acids is 1. The van der Waals surface area contributed by atoms with Gasteiger partial charge in [-0.3, -0.25) is 0 Å². The van der Waals surface area contributed by atoms with Gasteiger partial charge in [-0.1, -0.05) is 43.7 Å². The molecule has 0 atom stereocenters. The fraction of sp³-hybridized carbons (Fsp3) is 0.250. The first-order chi connectivity index (χ1) is 11.2. The maximum absolute atomic E-state index is 12.3. The molecule has 1 heterocycles. The van der Waals surface area contributed by atoms with E-state index >= 15 is 0 Å². The summed E-state index contributed by atoms with van der Waals surface area (Å²) in [4.78, 5) is 12.3. The number of carbonyl (C=O) groups is 1. The molecular formula is C20H20O2S. The second-order valence-electron chi connectivity index (χ2n) is 5.44. The van der Waals surface area contributed by atoms with Crippen LogP contribution in [0.1, 0.15) is 32.3 Å². The first-order valence-electron chi connectivity index (χ1n) is 8.03. The van der Waals surface area contributed by atoms with Gasteiger partial charge in [0, 0.05) is 20.2 Å². The minimum atomic E-state index is -0.236. The van der Waals surface area contributed by atoms with Gasteiger partial charge in [0.05, 0.1) is 12.2 Å². The van der Waals surface area contributed by atoms with E-state index in [9.17, 15) is 4.79 Å². The van der Waals surface area contributed by atoms with Crippen LogP contribution in [0, 0.1) is 0 Å². The van der Waals surface area contributed by atoms with E-state index < -0.39 is 0 Å². The number of esters is 1. The molecule has 2 aromatic carbocycles. The molecule has 3 rings (SSSR count). The van der Waals surface area contributed by atoms with Crippen molar-refractivity contribution in [3.05, 3.63) is 54.1 Å². The summed E-state index contributed by atoms with van der Waals surface area (Å²) in [5.74, 6) is -0.236. The molecule has 0 amide bonds. The monoisotopic (exact) mass is 324 g/mol. The molecule has 0 fully saturated rings. The van der Waals surface area contributed by atoms with Crippen LogP contribution in [0.4, 0.5) is 0 Å². The fourth-order valence-corrected chi connectivity index (χ4v) is 3.80. The molecule has 0 spiro atoms. The van der Waals surface area contributed by atoms with Crippen LogP contribution in [0.15, 0.2) is 48.5 Å². The van der Waals surface area contributed by atoms with Crippen LogP contribution in [0.5, 0.6) is 0 Å². The van der Waals surface area contributed by atoms with Crippen molar-refractivity contribution in [2.75, 3.05) is 6.61 Å². The Morgan fingerprint density at radius 1 is 1.09 bits per heavy atom. The fourth-order valence-electron chi connectivity index (χ4n) is 2.71. The molecule has 0 bridgehead atoms. The number of allylic oxidation sites excluding steroid dienone is 1. The quantitative estimate of drug-likeness (QED) is 0.438. The summed E-state index contributed by atoms with van der Waals surface area (Å²) in [5, 5.41) is 2.45. The average molecular weight is 324 g/mol. The van der Waals surface area contributed by atoms with E-state index in [-0.39, 0.29) is 5.97 Å². The van der Waals surface area contributed by atoms with E-state index in [4.69, 9.17) is 4.74 Å². The summed E-state index contributed by atoms with van der Waals surface area (Å²) >= 11 is 1.78. The molecule has 0 aliphatic heterocycles. The number of fused-ring (bicyclic) bond motifs is 3. The van der Waals surface area contributed by atoms with Crippen molar-refractivity contribution in [3.63, 3.8) is 0 Å². The molecule has 118 valence electrons. The zero-order valence-corrected chi connectivity index (χ0v) is 14.3. The molecule has 23 heavy (non-hydrogen) atoms. The Balaban J connectivity index is 2.12. The Morgan fingerprint density at radius 2 is 1.87 bits per heavy atom. The van der Waals surface area contributed by atoms with Crippen molar-refractivity contribution in [1.29, 1.82) is 0 Å². The van der Waals surface area contributed by atoms with Gasteiger partial charge >= 0.3 is 5.97 Å². The molecule has 0 unspecified atom stereocenters. The van der Waals surface area contributed by atoms with Crippen molar-refractivity contribution < 1.29 is 9.53 Å². The first kappa shape index (κ1) is 15.8. The van der Waals surface area contributed by atoms with Gasteiger partial charge < -0.3 is 4.74 Å². The van der Waals surface area contributed by atoms with E-state index in [0.717, 1.165) is 18.4 Å². The number of rotatable bonds is 5. The zero-order chi connectivity index (χ0) is 16.2. The van der Waals surface area contributed by atoms with Gasteiger partial charge in [-0.2, -0.15) is 0 Å². The number of hydrogen-bond acceptors (Lipinski definition) is 3. The van der Waals surface area contributed by atoms with Gasteiger partial charge in [0.1, 0.15) is 0 Å². The predicted octanol–water partition coefficient (Wildman–Crippen LogP) is 5.80. The highest BCUT2D eigenvalue weighted by molar-refractivity contribution is 7.25. The summed E-state index contributed by atoms with van der Waals surface area (Å²) < 4.78 is 7.75. The number of benzene rings is 2. The number of ether oxygens (including phenoxy) is 1. The number of thiophene rings is 1. The number of unbranched alkanes of at least 4 members (excludes halogenated alkanes) is 1. The Bertz CT molecular complexity index is 874. The van der Waals surface area contributed by atoms with E-state index in [1.54, 1.807) is 11.3 Å². The lowest BCUT2D eigenvalue weighted by molar-refractivity contribution is -0.136. The minimum Gasteiger partial charge on any atom is -0.462 e. The Hall–Kier alpha value is -2.13. The summed E-state index contributed by atoms with van der Waals surface area (Å²) in [6, 6.07) is 14.6. The number of hydrogen-bond donors (Lipinski definition) is 0. The van der Waals surface area contributed by atoms with Crippen LogP contribution < -0.4 is 0 Å². The average Bonchev–Trinajstić information content (AvgIpc) is 2.93. The lowest BCUT2D eigenvalue weighted by atomic mass is 10.0. The van der Waals surface area contributed by atoms with Gasteiger partial charge in [-0.25, -0.2) is 4.79 Å². The minimum absolute atomic E-state index is 0.236. The van der Waals surface area contributed by atoms with Crippen molar-refractivity contribution in [2.24, 2.45) is 0 Å². The molecular weight excluding hydrogens is 304 g/mol. The summed E-state index contributed by atoms with van der Waals surface area (Å²) in [6.45, 7) is 4.34. The summed E-state index contributed by atoms with van der Waals surface area (Å²) in [7, 11) is 0. The smallest absolute Gasteiger partial charge is 0.338 e. The van der Waals surface area contributed by atoms with Crippen LogP contribution in [0.2, 0.25) is 0 Å². The van der Waals surface area contributed by atoms with Crippen LogP contribution in [-0.2, 0) is 9.53 Å². The van der Waals surface area contributed by atoms with Gasteiger partial charge in [0.25, 0.3) is 0 Å². The standard InChI is InChI=1S/C20H20O2S/c1-3-5-8-15(20(21)22-4-2)14-11-12-19-17(13-14)16-9-6-7-10-18(16)23-19/h6-13H,3-5H2,1-2H3. The third-order valence-corrected chi connectivity index (χ3v) is 4.97. The van der Waals surface area contributed by atoms with Gasteiger partial charge in [-0.15, -0.1) is 11.3 Å². The van der Waals surface area contributed by atoms with Crippen LogP contribution in [0.3, 0.4) is 0 Å². The second kappa shape index (κ2) is 6.97. The maximum Gasteiger partial charge on any atom is 0.338 e. The molecule has 0 aliphatic rings. The maximum atomic E-state index is 12.3. The van der Waals surface area contributed by atoms with Crippen molar-refractivity contribution in [1.82, 2.24) is 0 Å². The third-order valence-electron chi connectivity index (χ3n) is 3.82. The summed E-state index contributed by atoms with van der Waals surface area (Å²) in [5.41, 5.74) is 1.61. The molecule has 0 saturated carbocycles. The van der Waals surface area contributed by atoms with E-state index in [1.807, 2.05) is 19.1 Å². The topological polar surface area (TPSA) is 26.3 Å². The molecule has 2 nitrogen and oxygen atoms in total. The molecule has 0 saturated heterocycles. The zero-order valence-electron chi connectivity index (χ0n) is 13.5. The highest BCUT2D eigenvalue weighted by Gasteiger charge is 2.14. The first-order valence-corrected chi connectivity index (χ1v) is 8.85. The van der Waals surface area contributed by atoms with Gasteiger partial charge in [-0.05, 0) is 37.1 Å². The predicted molar refractivity (Wildman–Crippen MR) is 98.8 cm³/mol. The molecule has 3 aromatic rings. The lowest BCUT2D eigenvalue weighted by Crippen LogP contribution is -2.07. The highest BCUT2D eigenvalue weighted by atomic mass is 32.1. The van der Waals surface area contributed by atoms with E-state index in [0.29, 0.717) is 12.2 Å². The largest absolute Gasteiger partial charge is 0.462 e. The van der Waals surface area contributed by atoms with Crippen LogP contribution in [0.25, 0.3) is 25.7 Å². The molecule has 1 aromatic heterocycles. The summed E-state index contributed by atoms with van der Waals surface area (Å²) in [6.07, 6.45) is 3.87. The van der Waals surface area contributed by atoms with E-state index in [2.05, 4.69) is 43.3 Å². The van der Waals surface area contributed by atoms with Crippen LogP contribution in [-0.4, -0.2) is 12.6 Å². The molecule has 0 N–H and O–H groups in total. The van der Waals surface area contributed by atoms with Crippen molar-refractivity contribution >= 4 is 43.1 Å². The Labute approximate surface area is 140 Å². The Morgan fingerprint density at radius 3 is 2.65 bits per heavy atom. The van der Waals surface area contributed by atoms with Gasteiger partial charge in [0.15, 0.2) is 0 Å². The second-order valence-corrected chi connectivity index (χ2v) is 6.52. The van der Waals surface area contributed by atoms with Crippen molar-refractivity contribution in [3.8, 4) is 0 Å². The normalized spacial score (nSPS) is 12.0. The highest BCUT2D eigenvalue weighted by Crippen LogP contribution is 2.35. The van der Waals surface area contributed by atoms with Crippen molar-refractivity contribution in [2.45, 2.75) is 26.7 Å². The SMILES string of the molecule is CCCC=C(C(=O)OCC)c1ccc2sc3ccccc3c2c1. The van der Waals surface area contributed by atoms with Crippen LogP contribution >= 0.6 is 11.3 Å². The third kappa shape index (κ3) is 3.15. The lowest BCUT2D eigenvalue weighted by Gasteiger charge is -2.08. The molecule has 0 aliphatic carbocycles. The molecule has 0 radical (unpaired) electrons. The Kier molecular flexibility index (Phi) is 4.77. The molecule has 3 heteroatoms. The van der Waals surface area contributed by atoms with E-state index in [1.165, 1.54) is 20.2 Å². The van der Waals surface area contributed by atoms with Gasteiger partial charge in [0.2, 0.25) is 0 Å².